The molecule has 0 aliphatic carbocycles. The molecule has 0 spiro atoms. The van der Waals surface area contributed by atoms with Crippen molar-refractivity contribution in [3.8, 4) is 0 Å². The lowest BCUT2D eigenvalue weighted by atomic mass is 10.2. The van der Waals surface area contributed by atoms with Crippen molar-refractivity contribution in [1.29, 1.82) is 0 Å². The second-order valence-corrected chi connectivity index (χ2v) is 3.91. The van der Waals surface area contributed by atoms with E-state index in [0.717, 1.165) is 0 Å². The first kappa shape index (κ1) is 14.0. The lowest BCUT2D eigenvalue weighted by Gasteiger charge is -2.14. The van der Waals surface area contributed by atoms with Crippen molar-refractivity contribution in [2.45, 2.75) is 32.7 Å². The molecule has 0 radical (unpaired) electrons. The van der Waals surface area contributed by atoms with Crippen molar-refractivity contribution >= 4 is 17.7 Å². The van der Waals surface area contributed by atoms with Gasteiger partial charge in [0.25, 0.3) is 0 Å². The number of pyridine rings is 1. The van der Waals surface area contributed by atoms with Crippen LogP contribution in [0.15, 0.2) is 18.3 Å². The lowest BCUT2D eigenvalue weighted by molar-refractivity contribution is -0.139. The molecule has 3 N–H and O–H groups in total. The van der Waals surface area contributed by atoms with Gasteiger partial charge in [0, 0.05) is 6.20 Å². The van der Waals surface area contributed by atoms with Crippen LogP contribution in [0.3, 0.4) is 0 Å². The maximum absolute atomic E-state index is 11.6. The van der Waals surface area contributed by atoms with E-state index in [9.17, 15) is 9.59 Å². The molecule has 1 atom stereocenters. The van der Waals surface area contributed by atoms with Crippen LogP contribution in [0.2, 0.25) is 0 Å². The third-order valence-electron chi connectivity index (χ3n) is 2.44. The van der Waals surface area contributed by atoms with E-state index in [1.165, 1.54) is 0 Å². The molecule has 1 rings (SSSR count). The van der Waals surface area contributed by atoms with E-state index in [0.29, 0.717) is 24.2 Å². The summed E-state index contributed by atoms with van der Waals surface area (Å²) in [4.78, 5) is 26.6. The quantitative estimate of drug-likeness (QED) is 0.743. The summed E-state index contributed by atoms with van der Waals surface area (Å²) in [6.07, 6.45) is 2.70. The Hall–Kier alpha value is -2.11. The third kappa shape index (κ3) is 4.04. The Bertz CT molecular complexity index is 434. The molecule has 98 valence electrons. The molecule has 0 unspecified atom stereocenters. The molecule has 0 saturated heterocycles. The first-order valence-corrected chi connectivity index (χ1v) is 5.76. The van der Waals surface area contributed by atoms with Crippen LogP contribution in [0.4, 0.5) is 10.5 Å². The molecule has 0 saturated carbocycles. The Morgan fingerprint density at radius 2 is 2.22 bits per heavy atom. The van der Waals surface area contributed by atoms with Crippen molar-refractivity contribution in [3.05, 3.63) is 24.0 Å². The number of rotatable bonds is 5. The lowest BCUT2D eigenvalue weighted by Crippen LogP contribution is -2.43. The number of urea groups is 1. The standard InChI is InChI=1S/C12H17N3O3/c1-3-5-10(11(16)17)15-12(18)14-9-6-4-7-13-8(9)2/h4,6-7,10H,3,5H2,1-2H3,(H,16,17)(H2,14,15,18)/t10-/m1/s1. The van der Waals surface area contributed by atoms with Gasteiger partial charge in [0.2, 0.25) is 0 Å². The number of carbonyl (C=O) groups is 2. The Kier molecular flexibility index (Phi) is 5.10. The molecule has 6 heteroatoms. The molecule has 18 heavy (non-hydrogen) atoms. The van der Waals surface area contributed by atoms with Gasteiger partial charge in [-0.25, -0.2) is 9.59 Å². The van der Waals surface area contributed by atoms with Crippen molar-refractivity contribution in [2.75, 3.05) is 5.32 Å². The van der Waals surface area contributed by atoms with Gasteiger partial charge >= 0.3 is 12.0 Å². The van der Waals surface area contributed by atoms with Crippen LogP contribution in [0.5, 0.6) is 0 Å². The number of carboxylic acids is 1. The zero-order valence-electron chi connectivity index (χ0n) is 10.4. The van der Waals surface area contributed by atoms with Crippen LogP contribution in [0.25, 0.3) is 0 Å². The van der Waals surface area contributed by atoms with E-state index in [1.54, 1.807) is 25.3 Å². The second kappa shape index (κ2) is 6.58. The fourth-order valence-corrected chi connectivity index (χ4v) is 1.48. The summed E-state index contributed by atoms with van der Waals surface area (Å²) in [5.41, 5.74) is 1.24. The minimum atomic E-state index is -1.03. The Balaban J connectivity index is 2.61. The SMILES string of the molecule is CCC[C@@H](NC(=O)Nc1cccnc1C)C(=O)O. The number of anilines is 1. The van der Waals surface area contributed by atoms with Crippen LogP contribution >= 0.6 is 0 Å². The molecule has 1 aromatic heterocycles. The van der Waals surface area contributed by atoms with Crippen LogP contribution < -0.4 is 10.6 Å². The zero-order valence-corrected chi connectivity index (χ0v) is 10.4. The van der Waals surface area contributed by atoms with Gasteiger partial charge in [0.1, 0.15) is 6.04 Å². The summed E-state index contributed by atoms with van der Waals surface area (Å²) in [6, 6.07) is 2.00. The minimum Gasteiger partial charge on any atom is -0.480 e. The van der Waals surface area contributed by atoms with E-state index in [4.69, 9.17) is 5.11 Å². The van der Waals surface area contributed by atoms with E-state index < -0.39 is 18.0 Å². The van der Waals surface area contributed by atoms with E-state index in [-0.39, 0.29) is 0 Å². The van der Waals surface area contributed by atoms with E-state index in [2.05, 4.69) is 15.6 Å². The highest BCUT2D eigenvalue weighted by molar-refractivity contribution is 5.92. The summed E-state index contributed by atoms with van der Waals surface area (Å²) >= 11 is 0. The monoisotopic (exact) mass is 251 g/mol. The number of carbonyl (C=O) groups excluding carboxylic acids is 1. The van der Waals surface area contributed by atoms with Gasteiger partial charge in [-0.1, -0.05) is 13.3 Å². The van der Waals surface area contributed by atoms with Gasteiger partial charge < -0.3 is 15.7 Å². The number of nitrogens with one attached hydrogen (secondary N) is 2. The predicted molar refractivity (Wildman–Crippen MR) is 67.5 cm³/mol. The molecule has 0 aliphatic heterocycles. The summed E-state index contributed by atoms with van der Waals surface area (Å²) in [5.74, 6) is -1.03. The summed E-state index contributed by atoms with van der Waals surface area (Å²) in [5, 5.41) is 13.9. The van der Waals surface area contributed by atoms with Crippen LogP contribution in [0, 0.1) is 6.92 Å². The van der Waals surface area contributed by atoms with Crippen molar-refractivity contribution in [2.24, 2.45) is 0 Å². The number of aryl methyl sites for hydroxylation is 1. The highest BCUT2D eigenvalue weighted by Crippen LogP contribution is 2.10. The molecule has 0 aliphatic rings. The molecule has 6 nitrogen and oxygen atoms in total. The van der Waals surface area contributed by atoms with Crippen molar-refractivity contribution in [3.63, 3.8) is 0 Å². The number of nitrogens with zero attached hydrogens (tertiary/aromatic N) is 1. The molecule has 0 aromatic carbocycles. The van der Waals surface area contributed by atoms with Crippen LogP contribution in [-0.2, 0) is 4.79 Å². The normalized spacial score (nSPS) is 11.7. The predicted octanol–water partition coefficient (Wildman–Crippen LogP) is 1.76. The number of carboxylic acid groups (broad SMARTS) is 1. The number of aliphatic carboxylic acids is 1. The number of amides is 2. The molecule has 2 amide bonds. The summed E-state index contributed by atoms with van der Waals surface area (Å²) < 4.78 is 0. The number of aromatic nitrogens is 1. The fraction of sp³-hybridized carbons (Fsp3) is 0.417. The molecular formula is C12H17N3O3. The largest absolute Gasteiger partial charge is 0.480 e. The van der Waals surface area contributed by atoms with Crippen molar-refractivity contribution < 1.29 is 14.7 Å². The van der Waals surface area contributed by atoms with Gasteiger partial charge in [-0.15, -0.1) is 0 Å². The third-order valence-corrected chi connectivity index (χ3v) is 2.44. The zero-order chi connectivity index (χ0) is 13.5. The van der Waals surface area contributed by atoms with E-state index >= 15 is 0 Å². The molecule has 1 heterocycles. The molecule has 1 aromatic rings. The maximum Gasteiger partial charge on any atom is 0.326 e. The number of hydrogen-bond donors (Lipinski definition) is 3. The molecular weight excluding hydrogens is 234 g/mol. The van der Waals surface area contributed by atoms with Gasteiger partial charge in [0.15, 0.2) is 0 Å². The van der Waals surface area contributed by atoms with Gasteiger partial charge in [0.05, 0.1) is 11.4 Å². The van der Waals surface area contributed by atoms with Crippen LogP contribution in [-0.4, -0.2) is 28.1 Å². The minimum absolute atomic E-state index is 0.398. The highest BCUT2D eigenvalue weighted by atomic mass is 16.4. The smallest absolute Gasteiger partial charge is 0.326 e. The first-order valence-electron chi connectivity index (χ1n) is 5.76. The average Bonchev–Trinajstić information content (AvgIpc) is 2.31. The summed E-state index contributed by atoms with van der Waals surface area (Å²) in [7, 11) is 0. The number of hydrogen-bond acceptors (Lipinski definition) is 3. The van der Waals surface area contributed by atoms with Crippen LogP contribution in [0.1, 0.15) is 25.5 Å². The Morgan fingerprint density at radius 1 is 1.50 bits per heavy atom. The maximum atomic E-state index is 11.6. The first-order chi connectivity index (χ1) is 8.54. The van der Waals surface area contributed by atoms with E-state index in [1.807, 2.05) is 6.92 Å². The molecule has 0 fully saturated rings. The fourth-order valence-electron chi connectivity index (χ4n) is 1.48. The highest BCUT2D eigenvalue weighted by Gasteiger charge is 2.18. The van der Waals surface area contributed by atoms with Crippen molar-refractivity contribution in [1.82, 2.24) is 10.3 Å². The average molecular weight is 251 g/mol. The Morgan fingerprint density at radius 3 is 2.78 bits per heavy atom. The van der Waals surface area contributed by atoms with Gasteiger partial charge in [-0.05, 0) is 25.5 Å². The summed E-state index contributed by atoms with van der Waals surface area (Å²) in [6.45, 7) is 3.62. The molecule has 0 bridgehead atoms. The van der Waals surface area contributed by atoms with Gasteiger partial charge in [-0.3, -0.25) is 4.98 Å². The van der Waals surface area contributed by atoms with Gasteiger partial charge in [-0.2, -0.15) is 0 Å². The topological polar surface area (TPSA) is 91.3 Å². The second-order valence-electron chi connectivity index (χ2n) is 3.91. The Labute approximate surface area is 105 Å².